The van der Waals surface area contributed by atoms with E-state index in [0.717, 1.165) is 57.9 Å². The average molecular weight is 642 g/mol. The molecule has 3 unspecified atom stereocenters. The highest BCUT2D eigenvalue weighted by molar-refractivity contribution is 6.04. The maximum atomic E-state index is 17.1. The zero-order valence-corrected chi connectivity index (χ0v) is 25.9. The number of rotatable bonds is 4. The van der Waals surface area contributed by atoms with E-state index in [0.29, 0.717) is 36.2 Å². The van der Waals surface area contributed by atoms with E-state index in [2.05, 4.69) is 20.7 Å². The molecule has 6 heterocycles. The van der Waals surface area contributed by atoms with E-state index < -0.39 is 23.3 Å². The Morgan fingerprint density at radius 3 is 2.72 bits per heavy atom. The van der Waals surface area contributed by atoms with E-state index in [1.165, 1.54) is 24.3 Å². The molecule has 47 heavy (non-hydrogen) atoms. The molecule has 1 saturated carbocycles. The normalized spacial score (nSPS) is 26.0. The van der Waals surface area contributed by atoms with Crippen molar-refractivity contribution in [2.75, 3.05) is 31.2 Å². The lowest BCUT2D eigenvalue weighted by Crippen LogP contribution is -2.62. The third-order valence-corrected chi connectivity index (χ3v) is 11.4. The topological polar surface area (TPSA) is 83.8 Å². The number of alkyl halides is 1. The van der Waals surface area contributed by atoms with E-state index in [9.17, 15) is 13.9 Å². The minimum atomic E-state index is -0.922. The van der Waals surface area contributed by atoms with Gasteiger partial charge in [0, 0.05) is 29.5 Å². The third-order valence-electron chi connectivity index (χ3n) is 11.4. The summed E-state index contributed by atoms with van der Waals surface area (Å²) >= 11 is 0. The van der Waals surface area contributed by atoms with Crippen LogP contribution in [0.5, 0.6) is 17.6 Å². The Bertz CT molecular complexity index is 2010. The van der Waals surface area contributed by atoms with Crippen LogP contribution in [0.25, 0.3) is 32.9 Å². The zero-order valence-electron chi connectivity index (χ0n) is 25.9. The number of hydrogen-bond acceptors (Lipinski definition) is 8. The van der Waals surface area contributed by atoms with Crippen LogP contribution in [-0.4, -0.2) is 74.6 Å². The first kappa shape index (κ1) is 28.9. The first-order chi connectivity index (χ1) is 22.8. The number of anilines is 1. The second-order valence-corrected chi connectivity index (χ2v) is 14.0. The molecule has 5 aliphatic rings. The quantitative estimate of drug-likeness (QED) is 0.255. The summed E-state index contributed by atoms with van der Waals surface area (Å²) in [5, 5.41) is 11.7. The van der Waals surface area contributed by atoms with Crippen molar-refractivity contribution >= 4 is 27.5 Å². The summed E-state index contributed by atoms with van der Waals surface area (Å²) in [7, 11) is 0. The van der Waals surface area contributed by atoms with E-state index >= 15 is 4.39 Å². The summed E-state index contributed by atoms with van der Waals surface area (Å²) in [6, 6.07) is 5.48. The van der Waals surface area contributed by atoms with Gasteiger partial charge in [-0.3, -0.25) is 4.90 Å². The van der Waals surface area contributed by atoms with Crippen LogP contribution >= 0.6 is 0 Å². The maximum absolute atomic E-state index is 17.1. The van der Waals surface area contributed by atoms with Gasteiger partial charge in [-0.05, 0) is 81.5 Å². The monoisotopic (exact) mass is 641 g/mol. The number of nitrogens with zero attached hydrogens (tertiary/aromatic N) is 5. The number of aromatic hydroxyl groups is 1. The molecule has 1 spiro atoms. The molecule has 4 fully saturated rings. The summed E-state index contributed by atoms with van der Waals surface area (Å²) in [6.45, 7) is 1.71. The largest absolute Gasteiger partial charge is 0.508 e. The average Bonchev–Trinajstić information content (AvgIpc) is 3.52. The van der Waals surface area contributed by atoms with E-state index in [-0.39, 0.29) is 63.6 Å². The van der Waals surface area contributed by atoms with Crippen LogP contribution in [0.1, 0.15) is 63.4 Å². The molecule has 4 aliphatic heterocycles. The fourth-order valence-electron chi connectivity index (χ4n) is 9.14. The Kier molecular flexibility index (Phi) is 6.36. The van der Waals surface area contributed by atoms with Gasteiger partial charge in [-0.15, -0.1) is 6.42 Å². The molecule has 3 atom stereocenters. The van der Waals surface area contributed by atoms with Gasteiger partial charge in [-0.2, -0.15) is 9.97 Å². The lowest BCUT2D eigenvalue weighted by atomic mass is 9.68. The highest BCUT2D eigenvalue weighted by atomic mass is 19.1. The molecule has 4 aromatic rings. The predicted molar refractivity (Wildman–Crippen MR) is 171 cm³/mol. The second kappa shape index (κ2) is 10.3. The van der Waals surface area contributed by atoms with Crippen molar-refractivity contribution in [3.05, 3.63) is 41.5 Å². The Balaban J connectivity index is 1.27. The van der Waals surface area contributed by atoms with E-state index in [1.807, 2.05) is 0 Å². The molecule has 242 valence electrons. The van der Waals surface area contributed by atoms with Crippen molar-refractivity contribution < 1.29 is 27.8 Å². The lowest BCUT2D eigenvalue weighted by Gasteiger charge is -2.56. The molecule has 0 radical (unpaired) electrons. The first-order valence-electron chi connectivity index (χ1n) is 16.6. The van der Waals surface area contributed by atoms with Crippen LogP contribution in [-0.2, 0) is 0 Å². The summed E-state index contributed by atoms with van der Waals surface area (Å²) in [6.07, 6.45) is 13.0. The number of pyridine rings is 1. The first-order valence-corrected chi connectivity index (χ1v) is 16.6. The number of benzene rings is 2. The summed E-state index contributed by atoms with van der Waals surface area (Å²) in [5.74, 6) is 1.49. The number of aromatic nitrogens is 3. The Morgan fingerprint density at radius 1 is 1.06 bits per heavy atom. The molecular formula is C36H34F3N5O3. The molecule has 2 aromatic carbocycles. The smallest absolute Gasteiger partial charge is 0.319 e. The summed E-state index contributed by atoms with van der Waals surface area (Å²) < 4.78 is 59.4. The molecular weight excluding hydrogens is 607 g/mol. The Morgan fingerprint density at radius 2 is 1.91 bits per heavy atom. The van der Waals surface area contributed by atoms with Crippen LogP contribution in [0.3, 0.4) is 0 Å². The van der Waals surface area contributed by atoms with Gasteiger partial charge in [0.2, 0.25) is 5.88 Å². The van der Waals surface area contributed by atoms with Gasteiger partial charge in [0.05, 0.1) is 17.1 Å². The minimum Gasteiger partial charge on any atom is -0.508 e. The van der Waals surface area contributed by atoms with E-state index in [4.69, 9.17) is 25.9 Å². The molecule has 11 heteroatoms. The zero-order chi connectivity index (χ0) is 32.1. The molecule has 2 aromatic heterocycles. The van der Waals surface area contributed by atoms with Crippen LogP contribution < -0.4 is 14.4 Å². The van der Waals surface area contributed by atoms with Gasteiger partial charge in [0.1, 0.15) is 53.4 Å². The number of piperidine rings is 1. The predicted octanol–water partition coefficient (Wildman–Crippen LogP) is 6.44. The van der Waals surface area contributed by atoms with Gasteiger partial charge in [-0.1, -0.05) is 12.0 Å². The van der Waals surface area contributed by atoms with Crippen molar-refractivity contribution in [3.63, 3.8) is 0 Å². The van der Waals surface area contributed by atoms with Crippen molar-refractivity contribution in [3.8, 4) is 41.2 Å². The number of halogens is 3. The SMILES string of the molecule is C#Cc1c(F)ccc2cc(O)cc(-c3nc4c5c(nc(OCC67CCCN6CC(F)C7)nc5c3F)N3C(CCCC35CCC5)CO4)c12. The highest BCUT2D eigenvalue weighted by Gasteiger charge is 2.51. The number of terminal acetylenes is 1. The van der Waals surface area contributed by atoms with Crippen LogP contribution in [0.4, 0.5) is 19.0 Å². The van der Waals surface area contributed by atoms with Gasteiger partial charge < -0.3 is 19.5 Å². The fourth-order valence-corrected chi connectivity index (χ4v) is 9.14. The van der Waals surface area contributed by atoms with Gasteiger partial charge in [-0.25, -0.2) is 18.2 Å². The fraction of sp³-hybridized carbons (Fsp3) is 0.472. The van der Waals surface area contributed by atoms with Gasteiger partial charge in [0.15, 0.2) is 5.82 Å². The number of fused-ring (bicyclic) bond motifs is 5. The maximum Gasteiger partial charge on any atom is 0.319 e. The minimum absolute atomic E-state index is 0.00880. The van der Waals surface area contributed by atoms with Crippen LogP contribution in [0, 0.1) is 24.0 Å². The molecule has 1 N–H and O–H groups in total. The Hall–Kier alpha value is -4.30. The van der Waals surface area contributed by atoms with Crippen molar-refractivity contribution in [2.45, 2.75) is 81.1 Å². The lowest BCUT2D eigenvalue weighted by molar-refractivity contribution is 0.107. The standard InChI is InChI=1S/C36H34F3N5O3/c1-2-24-26(38)8-7-20-14-23(45)15-25(27(20)24)30-29(39)31-28-32(42-34(41-31)47-19-36-12-5-13-43(36)17-21(37)16-36)44-22(18-46-33(28)40-30)6-3-9-35(44)10-4-11-35/h1,7-8,14-15,21-22,45H,3-6,9-13,16-19H2. The third kappa shape index (κ3) is 4.23. The second-order valence-electron chi connectivity index (χ2n) is 14.0. The molecule has 1 aliphatic carbocycles. The molecule has 3 saturated heterocycles. The highest BCUT2D eigenvalue weighted by Crippen LogP contribution is 2.52. The number of ether oxygens (including phenoxy) is 2. The van der Waals surface area contributed by atoms with Crippen molar-refractivity contribution in [2.24, 2.45) is 0 Å². The molecule has 9 rings (SSSR count). The number of phenolic OH excluding ortho intramolecular Hbond substituents is 1. The molecule has 8 nitrogen and oxygen atoms in total. The van der Waals surface area contributed by atoms with E-state index in [1.54, 1.807) is 0 Å². The summed E-state index contributed by atoms with van der Waals surface area (Å²) in [5.41, 5.74) is -0.730. The molecule has 0 amide bonds. The number of hydrogen-bond donors (Lipinski definition) is 1. The van der Waals surface area contributed by atoms with Crippen LogP contribution in [0.15, 0.2) is 24.3 Å². The Labute approximate surface area is 269 Å². The number of phenols is 1. The van der Waals surface area contributed by atoms with Crippen molar-refractivity contribution in [1.29, 1.82) is 0 Å². The van der Waals surface area contributed by atoms with Crippen LogP contribution in [0.2, 0.25) is 0 Å². The van der Waals surface area contributed by atoms with Gasteiger partial charge >= 0.3 is 6.01 Å². The van der Waals surface area contributed by atoms with Gasteiger partial charge in [0.25, 0.3) is 0 Å². The van der Waals surface area contributed by atoms with Crippen molar-refractivity contribution in [1.82, 2.24) is 19.9 Å². The molecule has 0 bridgehead atoms. The summed E-state index contributed by atoms with van der Waals surface area (Å²) in [4.78, 5) is 18.8.